The van der Waals surface area contributed by atoms with Crippen LogP contribution in [0.4, 0.5) is 5.69 Å². The molecule has 0 atom stereocenters. The quantitative estimate of drug-likeness (QED) is 0.545. The first-order chi connectivity index (χ1) is 16.3. The fraction of sp³-hybridized carbons (Fsp3) is 0.440. The Balaban J connectivity index is 1.55. The van der Waals surface area contributed by atoms with Gasteiger partial charge in [-0.05, 0) is 51.8 Å². The van der Waals surface area contributed by atoms with Crippen molar-refractivity contribution in [2.24, 2.45) is 0 Å². The summed E-state index contributed by atoms with van der Waals surface area (Å²) in [6, 6.07) is 8.53. The zero-order chi connectivity index (χ0) is 24.7. The van der Waals surface area contributed by atoms with Crippen molar-refractivity contribution in [2.75, 3.05) is 18.5 Å². The van der Waals surface area contributed by atoms with Crippen LogP contribution in [0.15, 0.2) is 30.3 Å². The molecule has 3 rings (SSSR count). The van der Waals surface area contributed by atoms with Crippen molar-refractivity contribution in [2.45, 2.75) is 59.0 Å². The zero-order valence-corrected chi connectivity index (χ0v) is 19.8. The second kappa shape index (κ2) is 11.5. The van der Waals surface area contributed by atoms with E-state index in [4.69, 9.17) is 9.47 Å². The molecule has 0 bridgehead atoms. The van der Waals surface area contributed by atoms with Gasteiger partial charge in [0, 0.05) is 17.4 Å². The average molecular weight is 470 g/mol. The first-order valence-electron chi connectivity index (χ1n) is 11.5. The number of hydrogen-bond donors (Lipinski definition) is 2. The van der Waals surface area contributed by atoms with E-state index in [0.29, 0.717) is 28.2 Å². The summed E-state index contributed by atoms with van der Waals surface area (Å²) in [4.78, 5) is 49.4. The molecule has 1 aromatic heterocycles. The standard InChI is InChI=1S/C25H31N3O6/c1-4-33-25(32)20-13-16(2)28(17(20)3)14-23(30)34-15-22(29)27-21-12-8-7-11-19(21)24(31)26-18-9-5-6-10-18/h7-8,11-13,18H,4-6,9-10,14-15H2,1-3H3,(H,26,31)(H,27,29). The zero-order valence-electron chi connectivity index (χ0n) is 19.8. The topological polar surface area (TPSA) is 116 Å². The highest BCUT2D eigenvalue weighted by atomic mass is 16.5. The highest BCUT2D eigenvalue weighted by molar-refractivity contribution is 6.04. The molecule has 0 spiro atoms. The molecule has 1 aliphatic rings. The number of aromatic nitrogens is 1. The van der Waals surface area contributed by atoms with Gasteiger partial charge in [-0.3, -0.25) is 14.4 Å². The van der Waals surface area contributed by atoms with Crippen molar-refractivity contribution in [1.82, 2.24) is 9.88 Å². The Morgan fingerprint density at radius 1 is 1.03 bits per heavy atom. The second-order valence-corrected chi connectivity index (χ2v) is 8.30. The molecule has 1 aliphatic carbocycles. The summed E-state index contributed by atoms with van der Waals surface area (Å²) in [6.45, 7) is 4.81. The molecule has 1 fully saturated rings. The van der Waals surface area contributed by atoms with Crippen LogP contribution in [0, 0.1) is 13.8 Å². The summed E-state index contributed by atoms with van der Waals surface area (Å²) in [5.74, 6) is -1.87. The van der Waals surface area contributed by atoms with Gasteiger partial charge in [-0.15, -0.1) is 0 Å². The van der Waals surface area contributed by atoms with Gasteiger partial charge in [-0.2, -0.15) is 0 Å². The summed E-state index contributed by atoms with van der Waals surface area (Å²) in [5, 5.41) is 5.65. The summed E-state index contributed by atoms with van der Waals surface area (Å²) >= 11 is 0. The van der Waals surface area contributed by atoms with Gasteiger partial charge in [0.05, 0.1) is 23.4 Å². The molecule has 2 amide bonds. The number of ether oxygens (including phenoxy) is 2. The van der Waals surface area contributed by atoms with Gasteiger partial charge in [0.25, 0.3) is 11.8 Å². The second-order valence-electron chi connectivity index (χ2n) is 8.30. The molecule has 2 N–H and O–H groups in total. The third-order valence-electron chi connectivity index (χ3n) is 5.86. The first kappa shape index (κ1) is 25.0. The smallest absolute Gasteiger partial charge is 0.339 e. The Labute approximate surface area is 198 Å². The number of nitrogens with one attached hydrogen (secondary N) is 2. The maximum atomic E-state index is 12.6. The van der Waals surface area contributed by atoms with Crippen LogP contribution in [-0.2, 0) is 25.6 Å². The lowest BCUT2D eigenvalue weighted by Crippen LogP contribution is -2.33. The monoisotopic (exact) mass is 469 g/mol. The number of para-hydroxylation sites is 1. The molecule has 2 aromatic rings. The number of esters is 2. The molecule has 0 unspecified atom stereocenters. The average Bonchev–Trinajstić information content (AvgIpc) is 3.41. The summed E-state index contributed by atoms with van der Waals surface area (Å²) in [5.41, 5.74) is 2.38. The number of hydrogen-bond acceptors (Lipinski definition) is 6. The number of benzene rings is 1. The van der Waals surface area contributed by atoms with Crippen LogP contribution < -0.4 is 10.6 Å². The van der Waals surface area contributed by atoms with E-state index in [1.807, 2.05) is 0 Å². The van der Waals surface area contributed by atoms with Gasteiger partial charge in [0.1, 0.15) is 6.54 Å². The minimum absolute atomic E-state index is 0.148. The molecule has 9 heteroatoms. The van der Waals surface area contributed by atoms with E-state index in [2.05, 4.69) is 10.6 Å². The third kappa shape index (κ3) is 6.24. The van der Waals surface area contributed by atoms with Crippen LogP contribution in [-0.4, -0.2) is 47.6 Å². The van der Waals surface area contributed by atoms with Gasteiger partial charge in [0.2, 0.25) is 0 Å². The first-order valence-corrected chi connectivity index (χ1v) is 11.5. The normalized spacial score (nSPS) is 13.4. The number of nitrogens with zero attached hydrogens (tertiary/aromatic N) is 1. The van der Waals surface area contributed by atoms with Gasteiger partial charge in [0.15, 0.2) is 6.61 Å². The Hall–Kier alpha value is -3.62. The Morgan fingerprint density at radius 2 is 1.74 bits per heavy atom. The Bertz CT molecular complexity index is 1070. The number of amides is 2. The van der Waals surface area contributed by atoms with Gasteiger partial charge < -0.3 is 24.7 Å². The summed E-state index contributed by atoms with van der Waals surface area (Å²) in [7, 11) is 0. The molecule has 1 aromatic carbocycles. The lowest BCUT2D eigenvalue weighted by Gasteiger charge is -2.15. The minimum Gasteiger partial charge on any atom is -0.462 e. The maximum Gasteiger partial charge on any atom is 0.339 e. The van der Waals surface area contributed by atoms with E-state index in [9.17, 15) is 19.2 Å². The maximum absolute atomic E-state index is 12.6. The van der Waals surface area contributed by atoms with Crippen LogP contribution in [0.5, 0.6) is 0 Å². The molecular formula is C25H31N3O6. The van der Waals surface area contributed by atoms with E-state index in [0.717, 1.165) is 25.7 Å². The number of rotatable bonds is 9. The fourth-order valence-corrected chi connectivity index (χ4v) is 4.09. The lowest BCUT2D eigenvalue weighted by atomic mass is 10.1. The van der Waals surface area contributed by atoms with E-state index in [1.165, 1.54) is 0 Å². The van der Waals surface area contributed by atoms with Gasteiger partial charge in [-0.1, -0.05) is 25.0 Å². The van der Waals surface area contributed by atoms with Crippen LogP contribution in [0.25, 0.3) is 0 Å². The van der Waals surface area contributed by atoms with Gasteiger partial charge >= 0.3 is 11.9 Å². The van der Waals surface area contributed by atoms with Crippen molar-refractivity contribution < 1.29 is 28.7 Å². The Morgan fingerprint density at radius 3 is 2.44 bits per heavy atom. The molecule has 182 valence electrons. The Kier molecular flexibility index (Phi) is 8.45. The van der Waals surface area contributed by atoms with E-state index in [-0.39, 0.29) is 25.1 Å². The summed E-state index contributed by atoms with van der Waals surface area (Å²) in [6.07, 6.45) is 4.11. The SMILES string of the molecule is CCOC(=O)c1cc(C)n(CC(=O)OCC(=O)Nc2ccccc2C(=O)NC2CCCC2)c1C. The molecular weight excluding hydrogens is 438 g/mol. The van der Waals surface area contributed by atoms with Crippen molar-refractivity contribution in [3.8, 4) is 0 Å². The lowest BCUT2D eigenvalue weighted by molar-refractivity contribution is -0.147. The number of anilines is 1. The van der Waals surface area contributed by atoms with Gasteiger partial charge in [-0.25, -0.2) is 4.79 Å². The van der Waals surface area contributed by atoms with Crippen LogP contribution in [0.2, 0.25) is 0 Å². The molecule has 0 radical (unpaired) electrons. The van der Waals surface area contributed by atoms with Crippen LogP contribution >= 0.6 is 0 Å². The predicted octanol–water partition coefficient (Wildman–Crippen LogP) is 3.14. The minimum atomic E-state index is -0.625. The largest absolute Gasteiger partial charge is 0.462 e. The van der Waals surface area contributed by atoms with Crippen molar-refractivity contribution in [1.29, 1.82) is 0 Å². The highest BCUT2D eigenvalue weighted by Gasteiger charge is 2.21. The van der Waals surface area contributed by atoms with E-state index < -0.39 is 24.5 Å². The van der Waals surface area contributed by atoms with E-state index >= 15 is 0 Å². The number of carbonyl (C=O) groups is 4. The van der Waals surface area contributed by atoms with Crippen molar-refractivity contribution >= 4 is 29.4 Å². The van der Waals surface area contributed by atoms with Crippen molar-refractivity contribution in [3.05, 3.63) is 52.8 Å². The van der Waals surface area contributed by atoms with Crippen molar-refractivity contribution in [3.63, 3.8) is 0 Å². The number of carbonyl (C=O) groups excluding carboxylic acids is 4. The molecule has 34 heavy (non-hydrogen) atoms. The molecule has 9 nitrogen and oxygen atoms in total. The third-order valence-corrected chi connectivity index (χ3v) is 5.86. The highest BCUT2D eigenvalue weighted by Crippen LogP contribution is 2.20. The summed E-state index contributed by atoms with van der Waals surface area (Å²) < 4.78 is 11.8. The predicted molar refractivity (Wildman–Crippen MR) is 126 cm³/mol. The molecule has 0 aliphatic heterocycles. The van der Waals surface area contributed by atoms with E-state index in [1.54, 1.807) is 55.7 Å². The number of aryl methyl sites for hydroxylation is 1. The molecule has 1 heterocycles. The fourth-order valence-electron chi connectivity index (χ4n) is 4.09. The molecule has 1 saturated carbocycles. The van der Waals surface area contributed by atoms with Crippen LogP contribution in [0.3, 0.4) is 0 Å². The van der Waals surface area contributed by atoms with Crippen LogP contribution in [0.1, 0.15) is 64.7 Å². The molecule has 0 saturated heterocycles.